The van der Waals surface area contributed by atoms with E-state index in [1.54, 1.807) is 0 Å². The van der Waals surface area contributed by atoms with Gasteiger partial charge in [-0.3, -0.25) is 0 Å². The molecule has 0 unspecified atom stereocenters. The quantitative estimate of drug-likeness (QED) is 0.796. The Balaban J connectivity index is 1.96. The van der Waals surface area contributed by atoms with E-state index in [2.05, 4.69) is 40.0 Å². The van der Waals surface area contributed by atoms with Crippen molar-refractivity contribution in [2.45, 2.75) is 13.3 Å². The van der Waals surface area contributed by atoms with Gasteiger partial charge in [0.2, 0.25) is 0 Å². The molecule has 0 spiro atoms. The molecule has 0 aromatic carbocycles. The second kappa shape index (κ2) is 3.35. The van der Waals surface area contributed by atoms with Gasteiger partial charge in [0.05, 0.1) is 11.7 Å². The predicted octanol–water partition coefficient (Wildman–Crippen LogP) is 1.40. The molecule has 3 rings (SSSR count). The van der Waals surface area contributed by atoms with Gasteiger partial charge in [0.1, 0.15) is 5.82 Å². The van der Waals surface area contributed by atoms with E-state index in [0.29, 0.717) is 0 Å². The van der Waals surface area contributed by atoms with Crippen LogP contribution in [0.25, 0.3) is 5.52 Å². The number of rotatable bonds is 2. The summed E-state index contributed by atoms with van der Waals surface area (Å²) in [5.74, 6) is 1.97. The Bertz CT molecular complexity index is 483. The first kappa shape index (κ1) is 8.92. The Hall–Kier alpha value is -1.35. The summed E-state index contributed by atoms with van der Waals surface area (Å²) < 4.78 is 2.20. The van der Waals surface area contributed by atoms with Crippen LogP contribution in [0.5, 0.6) is 0 Å². The summed E-state index contributed by atoms with van der Waals surface area (Å²) in [5.41, 5.74) is 2.50. The average molecular weight is 201 g/mol. The van der Waals surface area contributed by atoms with Crippen molar-refractivity contribution in [3.63, 3.8) is 0 Å². The lowest BCUT2D eigenvalue weighted by Gasteiger charge is -2.26. The van der Waals surface area contributed by atoms with Crippen LogP contribution >= 0.6 is 0 Å². The summed E-state index contributed by atoms with van der Waals surface area (Å²) >= 11 is 0. The van der Waals surface area contributed by atoms with E-state index in [-0.39, 0.29) is 0 Å². The van der Waals surface area contributed by atoms with Crippen LogP contribution in [0.2, 0.25) is 0 Å². The molecule has 3 heteroatoms. The van der Waals surface area contributed by atoms with E-state index in [9.17, 15) is 0 Å². The minimum absolute atomic E-state index is 0.775. The number of nitrogens with zero attached hydrogens (tertiary/aromatic N) is 2. The van der Waals surface area contributed by atoms with E-state index in [1.165, 1.54) is 16.9 Å². The third-order valence-electron chi connectivity index (χ3n) is 3.10. The zero-order valence-corrected chi connectivity index (χ0v) is 8.90. The molecule has 0 aliphatic carbocycles. The second-order valence-electron chi connectivity index (χ2n) is 4.40. The SMILES string of the molecule is Cc1ccn2c(CC3CNC3)ncc2c1. The molecule has 1 fully saturated rings. The minimum Gasteiger partial charge on any atom is -0.316 e. The smallest absolute Gasteiger partial charge is 0.113 e. The fraction of sp³-hybridized carbons (Fsp3) is 0.417. The third kappa shape index (κ3) is 1.53. The molecule has 78 valence electrons. The Morgan fingerprint density at radius 3 is 3.13 bits per heavy atom. The summed E-state index contributed by atoms with van der Waals surface area (Å²) in [5, 5.41) is 3.29. The number of imidazole rings is 1. The van der Waals surface area contributed by atoms with Crippen LogP contribution in [0, 0.1) is 12.8 Å². The van der Waals surface area contributed by atoms with E-state index >= 15 is 0 Å². The highest BCUT2D eigenvalue weighted by Crippen LogP contribution is 2.14. The van der Waals surface area contributed by atoms with Gasteiger partial charge in [-0.15, -0.1) is 0 Å². The Kier molecular flexibility index (Phi) is 1.99. The molecule has 0 radical (unpaired) electrons. The lowest BCUT2D eigenvalue weighted by Crippen LogP contribution is -2.43. The van der Waals surface area contributed by atoms with Crippen molar-refractivity contribution in [1.29, 1.82) is 0 Å². The summed E-state index contributed by atoms with van der Waals surface area (Å²) in [6.45, 7) is 4.39. The zero-order valence-electron chi connectivity index (χ0n) is 8.90. The lowest BCUT2D eigenvalue weighted by molar-refractivity contribution is 0.340. The minimum atomic E-state index is 0.775. The van der Waals surface area contributed by atoms with Crippen LogP contribution in [0.1, 0.15) is 11.4 Å². The van der Waals surface area contributed by atoms with Gasteiger partial charge in [-0.2, -0.15) is 0 Å². The number of hydrogen-bond acceptors (Lipinski definition) is 2. The number of pyridine rings is 1. The first-order chi connectivity index (χ1) is 7.33. The van der Waals surface area contributed by atoms with Gasteiger partial charge in [0.15, 0.2) is 0 Å². The standard InChI is InChI=1S/C12H15N3/c1-9-2-3-15-11(4-9)8-14-12(15)5-10-6-13-7-10/h2-4,8,10,13H,5-7H2,1H3. The van der Waals surface area contributed by atoms with Gasteiger partial charge in [-0.1, -0.05) is 0 Å². The highest BCUT2D eigenvalue weighted by Gasteiger charge is 2.19. The molecule has 1 aliphatic rings. The average Bonchev–Trinajstić information content (AvgIpc) is 2.54. The first-order valence-electron chi connectivity index (χ1n) is 5.46. The van der Waals surface area contributed by atoms with Crippen molar-refractivity contribution in [3.8, 4) is 0 Å². The monoisotopic (exact) mass is 201 g/mol. The molecule has 15 heavy (non-hydrogen) atoms. The van der Waals surface area contributed by atoms with Gasteiger partial charge in [-0.25, -0.2) is 4.98 Å². The maximum absolute atomic E-state index is 4.49. The van der Waals surface area contributed by atoms with Crippen LogP contribution in [0.4, 0.5) is 0 Å². The summed E-state index contributed by atoms with van der Waals surface area (Å²) in [6, 6.07) is 4.31. The highest BCUT2D eigenvalue weighted by atomic mass is 15.0. The fourth-order valence-electron chi connectivity index (χ4n) is 2.07. The molecule has 1 aliphatic heterocycles. The number of aromatic nitrogens is 2. The molecule has 0 saturated carbocycles. The Morgan fingerprint density at radius 2 is 2.40 bits per heavy atom. The van der Waals surface area contributed by atoms with E-state index < -0.39 is 0 Å². The zero-order chi connectivity index (χ0) is 10.3. The molecule has 3 nitrogen and oxygen atoms in total. The molecule has 0 amide bonds. The molecular formula is C12H15N3. The third-order valence-corrected chi connectivity index (χ3v) is 3.10. The number of nitrogens with one attached hydrogen (secondary N) is 1. The van der Waals surface area contributed by atoms with Crippen LogP contribution in [-0.2, 0) is 6.42 Å². The summed E-state index contributed by atoms with van der Waals surface area (Å²) in [6.07, 6.45) is 5.18. The molecule has 2 aromatic heterocycles. The molecular weight excluding hydrogens is 186 g/mol. The van der Waals surface area contributed by atoms with Crippen molar-refractivity contribution in [3.05, 3.63) is 35.9 Å². The van der Waals surface area contributed by atoms with Crippen molar-refractivity contribution >= 4 is 5.52 Å². The predicted molar refractivity (Wildman–Crippen MR) is 60.0 cm³/mol. The van der Waals surface area contributed by atoms with E-state index in [0.717, 1.165) is 25.4 Å². The van der Waals surface area contributed by atoms with Crippen LogP contribution in [-0.4, -0.2) is 22.5 Å². The van der Waals surface area contributed by atoms with Crippen LogP contribution in [0.3, 0.4) is 0 Å². The van der Waals surface area contributed by atoms with Crippen LogP contribution < -0.4 is 5.32 Å². The van der Waals surface area contributed by atoms with E-state index in [4.69, 9.17) is 0 Å². The highest BCUT2D eigenvalue weighted by molar-refractivity contribution is 5.48. The molecule has 1 N–H and O–H groups in total. The molecule has 3 heterocycles. The molecule has 0 bridgehead atoms. The molecule has 1 saturated heterocycles. The summed E-state index contributed by atoms with van der Waals surface area (Å²) in [7, 11) is 0. The molecule has 0 atom stereocenters. The Labute approximate surface area is 89.1 Å². The largest absolute Gasteiger partial charge is 0.316 e. The number of aryl methyl sites for hydroxylation is 1. The summed E-state index contributed by atoms with van der Waals surface area (Å²) in [4.78, 5) is 4.49. The first-order valence-corrected chi connectivity index (χ1v) is 5.46. The van der Waals surface area contributed by atoms with Gasteiger partial charge >= 0.3 is 0 Å². The van der Waals surface area contributed by atoms with Gasteiger partial charge < -0.3 is 9.72 Å². The molecule has 2 aromatic rings. The van der Waals surface area contributed by atoms with Crippen molar-refractivity contribution in [2.24, 2.45) is 5.92 Å². The Morgan fingerprint density at radius 1 is 1.53 bits per heavy atom. The normalized spacial score (nSPS) is 16.9. The van der Waals surface area contributed by atoms with Crippen molar-refractivity contribution < 1.29 is 0 Å². The van der Waals surface area contributed by atoms with Crippen molar-refractivity contribution in [1.82, 2.24) is 14.7 Å². The van der Waals surface area contributed by atoms with Gasteiger partial charge in [-0.05, 0) is 43.6 Å². The second-order valence-corrected chi connectivity index (χ2v) is 4.40. The maximum atomic E-state index is 4.49. The van der Waals surface area contributed by atoms with E-state index in [1.807, 2.05) is 6.20 Å². The van der Waals surface area contributed by atoms with Crippen molar-refractivity contribution in [2.75, 3.05) is 13.1 Å². The van der Waals surface area contributed by atoms with Gasteiger partial charge in [0, 0.05) is 12.6 Å². The topological polar surface area (TPSA) is 29.3 Å². The number of fused-ring (bicyclic) bond motifs is 1. The lowest BCUT2D eigenvalue weighted by atomic mass is 9.99. The maximum Gasteiger partial charge on any atom is 0.113 e. The fourth-order valence-corrected chi connectivity index (χ4v) is 2.07. The van der Waals surface area contributed by atoms with Crippen LogP contribution in [0.15, 0.2) is 24.5 Å². The van der Waals surface area contributed by atoms with Gasteiger partial charge in [0.25, 0.3) is 0 Å². The number of hydrogen-bond donors (Lipinski definition) is 1.